The number of benzene rings is 3. The maximum Gasteiger partial charge on any atom is 0.255 e. The predicted molar refractivity (Wildman–Crippen MR) is 105 cm³/mol. The van der Waals surface area contributed by atoms with Gasteiger partial charge in [-0.3, -0.25) is 9.59 Å². The van der Waals surface area contributed by atoms with Crippen molar-refractivity contribution in [2.24, 2.45) is 0 Å². The number of para-hydroxylation sites is 1. The first-order valence-corrected chi connectivity index (χ1v) is 8.95. The standard InChI is InChI=1S/C23H20N2O2/c1-16-9-5-8-14-20(16)24-22(26)21(17-10-3-2-4-11-17)25-15-18-12-6-7-13-19(18)23(25)27/h2-14,21H,15H2,1H3,(H,24,26). The van der Waals surface area contributed by atoms with E-state index in [2.05, 4.69) is 5.32 Å². The van der Waals surface area contributed by atoms with Crippen LogP contribution in [0.1, 0.15) is 33.1 Å². The van der Waals surface area contributed by atoms with Crippen molar-refractivity contribution < 1.29 is 9.59 Å². The molecule has 27 heavy (non-hydrogen) atoms. The Hall–Kier alpha value is -3.40. The van der Waals surface area contributed by atoms with Gasteiger partial charge in [-0.2, -0.15) is 0 Å². The summed E-state index contributed by atoms with van der Waals surface area (Å²) in [6.07, 6.45) is 0. The molecule has 0 fully saturated rings. The van der Waals surface area contributed by atoms with Crippen LogP contribution in [0, 0.1) is 6.92 Å². The zero-order valence-corrected chi connectivity index (χ0v) is 15.1. The van der Waals surface area contributed by atoms with Crippen molar-refractivity contribution in [1.82, 2.24) is 4.90 Å². The predicted octanol–water partition coefficient (Wildman–Crippen LogP) is 4.33. The number of nitrogens with zero attached hydrogens (tertiary/aromatic N) is 1. The molecule has 0 saturated carbocycles. The lowest BCUT2D eigenvalue weighted by Gasteiger charge is -2.27. The zero-order valence-electron chi connectivity index (χ0n) is 15.1. The first kappa shape index (κ1) is 17.0. The zero-order chi connectivity index (χ0) is 18.8. The Balaban J connectivity index is 1.70. The molecule has 4 heteroatoms. The Bertz CT molecular complexity index is 998. The van der Waals surface area contributed by atoms with Crippen LogP contribution in [0.4, 0.5) is 5.69 Å². The smallest absolute Gasteiger partial charge is 0.255 e. The van der Waals surface area contributed by atoms with Crippen LogP contribution in [0.5, 0.6) is 0 Å². The molecule has 3 aromatic carbocycles. The highest BCUT2D eigenvalue weighted by atomic mass is 16.2. The Morgan fingerprint density at radius 2 is 1.59 bits per heavy atom. The molecule has 4 nitrogen and oxygen atoms in total. The molecular formula is C23H20N2O2. The average molecular weight is 356 g/mol. The number of rotatable bonds is 4. The Morgan fingerprint density at radius 3 is 2.33 bits per heavy atom. The average Bonchev–Trinajstić information content (AvgIpc) is 3.01. The highest BCUT2D eigenvalue weighted by Crippen LogP contribution is 2.32. The van der Waals surface area contributed by atoms with E-state index in [9.17, 15) is 9.59 Å². The second-order valence-corrected chi connectivity index (χ2v) is 6.71. The van der Waals surface area contributed by atoms with E-state index in [0.29, 0.717) is 12.1 Å². The quantitative estimate of drug-likeness (QED) is 0.756. The number of hydrogen-bond acceptors (Lipinski definition) is 2. The molecule has 0 bridgehead atoms. The lowest BCUT2D eigenvalue weighted by molar-refractivity contribution is -0.120. The first-order chi connectivity index (χ1) is 13.1. The second kappa shape index (κ2) is 7.08. The van der Waals surface area contributed by atoms with Crippen LogP contribution >= 0.6 is 0 Å². The third-order valence-electron chi connectivity index (χ3n) is 4.93. The molecule has 4 rings (SSSR count). The van der Waals surface area contributed by atoms with Crippen molar-refractivity contribution in [2.75, 3.05) is 5.32 Å². The van der Waals surface area contributed by atoms with Gasteiger partial charge in [-0.05, 0) is 35.7 Å². The normalized spacial score (nSPS) is 14.0. The number of carbonyl (C=O) groups excluding carboxylic acids is 2. The van der Waals surface area contributed by atoms with Crippen molar-refractivity contribution in [1.29, 1.82) is 0 Å². The van der Waals surface area contributed by atoms with Crippen molar-refractivity contribution in [3.8, 4) is 0 Å². The summed E-state index contributed by atoms with van der Waals surface area (Å²) < 4.78 is 0. The van der Waals surface area contributed by atoms with Crippen LogP contribution in [0.15, 0.2) is 78.9 Å². The molecule has 1 aliphatic rings. The van der Waals surface area contributed by atoms with Crippen molar-refractivity contribution in [2.45, 2.75) is 19.5 Å². The van der Waals surface area contributed by atoms with Crippen LogP contribution in [0.2, 0.25) is 0 Å². The molecule has 3 aromatic rings. The number of amides is 2. The van der Waals surface area contributed by atoms with Gasteiger partial charge >= 0.3 is 0 Å². The molecule has 2 amide bonds. The van der Waals surface area contributed by atoms with Crippen LogP contribution < -0.4 is 5.32 Å². The number of nitrogens with one attached hydrogen (secondary N) is 1. The van der Waals surface area contributed by atoms with Crippen molar-refractivity contribution in [3.63, 3.8) is 0 Å². The molecule has 1 aliphatic heterocycles. The fourth-order valence-corrected chi connectivity index (χ4v) is 3.51. The minimum Gasteiger partial charge on any atom is -0.324 e. The fraction of sp³-hybridized carbons (Fsp3) is 0.130. The first-order valence-electron chi connectivity index (χ1n) is 8.95. The number of anilines is 1. The molecule has 1 N–H and O–H groups in total. The maximum atomic E-state index is 13.2. The van der Waals surface area contributed by atoms with Gasteiger partial charge in [0.05, 0.1) is 0 Å². The number of fused-ring (bicyclic) bond motifs is 1. The van der Waals surface area contributed by atoms with Crippen LogP contribution in [-0.2, 0) is 11.3 Å². The molecule has 0 aliphatic carbocycles. The van der Waals surface area contributed by atoms with Crippen LogP contribution in [0.25, 0.3) is 0 Å². The summed E-state index contributed by atoms with van der Waals surface area (Å²) in [6, 6.07) is 23.9. The van der Waals surface area contributed by atoms with Crippen molar-refractivity contribution in [3.05, 3.63) is 101 Å². The monoisotopic (exact) mass is 356 g/mol. The molecule has 0 radical (unpaired) electrons. The molecule has 0 spiro atoms. The van der Waals surface area contributed by atoms with E-state index in [4.69, 9.17) is 0 Å². The van der Waals surface area contributed by atoms with E-state index in [0.717, 1.165) is 22.4 Å². The van der Waals surface area contributed by atoms with Gasteiger partial charge in [-0.15, -0.1) is 0 Å². The second-order valence-electron chi connectivity index (χ2n) is 6.71. The summed E-state index contributed by atoms with van der Waals surface area (Å²) in [6.45, 7) is 2.37. The summed E-state index contributed by atoms with van der Waals surface area (Å²) in [5, 5.41) is 3.00. The molecule has 1 heterocycles. The molecule has 0 saturated heterocycles. The van der Waals surface area contributed by atoms with Gasteiger partial charge in [-0.25, -0.2) is 0 Å². The van der Waals surface area contributed by atoms with E-state index in [1.807, 2.05) is 85.8 Å². The summed E-state index contributed by atoms with van der Waals surface area (Å²) >= 11 is 0. The highest BCUT2D eigenvalue weighted by molar-refractivity contribution is 6.04. The molecule has 134 valence electrons. The van der Waals surface area contributed by atoms with Crippen molar-refractivity contribution >= 4 is 17.5 Å². The minimum absolute atomic E-state index is 0.112. The van der Waals surface area contributed by atoms with Gasteiger partial charge in [0.15, 0.2) is 0 Å². The van der Waals surface area contributed by atoms with E-state index < -0.39 is 6.04 Å². The number of hydrogen-bond donors (Lipinski definition) is 1. The van der Waals surface area contributed by atoms with Gasteiger partial charge in [0.2, 0.25) is 0 Å². The largest absolute Gasteiger partial charge is 0.324 e. The third kappa shape index (κ3) is 3.22. The summed E-state index contributed by atoms with van der Waals surface area (Å²) in [4.78, 5) is 27.9. The Morgan fingerprint density at radius 1 is 0.926 bits per heavy atom. The van der Waals surface area contributed by atoms with E-state index in [1.54, 1.807) is 4.90 Å². The third-order valence-corrected chi connectivity index (χ3v) is 4.93. The Kier molecular flexibility index (Phi) is 4.47. The SMILES string of the molecule is Cc1ccccc1NC(=O)C(c1ccccc1)N1Cc2ccccc2C1=O. The van der Waals surface area contributed by atoms with Gasteiger partial charge in [0.25, 0.3) is 11.8 Å². The lowest BCUT2D eigenvalue weighted by atomic mass is 10.0. The molecule has 1 unspecified atom stereocenters. The van der Waals surface area contributed by atoms with Gasteiger partial charge in [0, 0.05) is 17.8 Å². The van der Waals surface area contributed by atoms with Crippen LogP contribution in [0.3, 0.4) is 0 Å². The van der Waals surface area contributed by atoms with E-state index in [-0.39, 0.29) is 11.8 Å². The topological polar surface area (TPSA) is 49.4 Å². The summed E-state index contributed by atoms with van der Waals surface area (Å²) in [7, 11) is 0. The molecular weight excluding hydrogens is 336 g/mol. The van der Waals surface area contributed by atoms with Gasteiger partial charge < -0.3 is 10.2 Å². The van der Waals surface area contributed by atoms with E-state index in [1.165, 1.54) is 0 Å². The van der Waals surface area contributed by atoms with E-state index >= 15 is 0 Å². The highest BCUT2D eigenvalue weighted by Gasteiger charge is 2.37. The Labute approximate surface area is 158 Å². The number of carbonyl (C=O) groups is 2. The van der Waals surface area contributed by atoms with Gasteiger partial charge in [0.1, 0.15) is 6.04 Å². The minimum atomic E-state index is -0.689. The summed E-state index contributed by atoms with van der Waals surface area (Å²) in [5.74, 6) is -0.323. The maximum absolute atomic E-state index is 13.2. The molecule has 0 aromatic heterocycles. The number of aryl methyl sites for hydroxylation is 1. The van der Waals surface area contributed by atoms with Crippen LogP contribution in [-0.4, -0.2) is 16.7 Å². The summed E-state index contributed by atoms with van der Waals surface area (Å²) in [5.41, 5.74) is 4.15. The molecule has 1 atom stereocenters. The lowest BCUT2D eigenvalue weighted by Crippen LogP contribution is -2.37. The fourth-order valence-electron chi connectivity index (χ4n) is 3.51. The van der Waals surface area contributed by atoms with Gasteiger partial charge in [-0.1, -0.05) is 66.7 Å².